The molecule has 1 fully saturated rings. The summed E-state index contributed by atoms with van der Waals surface area (Å²) in [5, 5.41) is 2.90. The molecule has 94 valence electrons. The third kappa shape index (κ3) is 2.38. The average Bonchev–Trinajstić information content (AvgIpc) is 2.33. The van der Waals surface area contributed by atoms with Gasteiger partial charge in [0.15, 0.2) is 9.84 Å². The van der Waals surface area contributed by atoms with Crippen LogP contribution in [-0.2, 0) is 9.84 Å². The number of sulfone groups is 1. The van der Waals surface area contributed by atoms with E-state index in [9.17, 15) is 8.42 Å². The zero-order chi connectivity index (χ0) is 12.5. The van der Waals surface area contributed by atoms with Gasteiger partial charge in [-0.15, -0.1) is 0 Å². The van der Waals surface area contributed by atoms with Gasteiger partial charge in [-0.25, -0.2) is 8.42 Å². The van der Waals surface area contributed by atoms with Crippen LogP contribution in [0.1, 0.15) is 24.0 Å². The van der Waals surface area contributed by atoms with Crippen molar-refractivity contribution < 1.29 is 8.42 Å². The lowest BCUT2D eigenvalue weighted by molar-refractivity contribution is 0.496. The molecule has 17 heavy (non-hydrogen) atoms. The highest BCUT2D eigenvalue weighted by atomic mass is 32.2. The summed E-state index contributed by atoms with van der Waals surface area (Å²) < 4.78 is 25.0. The van der Waals surface area contributed by atoms with Crippen LogP contribution in [0.2, 0.25) is 0 Å². The van der Waals surface area contributed by atoms with Crippen molar-refractivity contribution in [2.75, 3.05) is 13.1 Å². The van der Waals surface area contributed by atoms with E-state index >= 15 is 0 Å². The zero-order valence-corrected chi connectivity index (χ0v) is 11.2. The van der Waals surface area contributed by atoms with E-state index in [1.807, 2.05) is 26.0 Å². The Morgan fingerprint density at radius 3 is 2.71 bits per heavy atom. The van der Waals surface area contributed by atoms with E-state index in [2.05, 4.69) is 5.32 Å². The number of hydrogen-bond acceptors (Lipinski definition) is 3. The van der Waals surface area contributed by atoms with Crippen molar-refractivity contribution in [2.24, 2.45) is 0 Å². The van der Waals surface area contributed by atoms with Crippen LogP contribution < -0.4 is 5.32 Å². The lowest BCUT2D eigenvalue weighted by Gasteiger charge is -2.23. The van der Waals surface area contributed by atoms with Crippen molar-refractivity contribution in [3.05, 3.63) is 29.3 Å². The number of nitrogens with one attached hydrogen (secondary N) is 1. The summed E-state index contributed by atoms with van der Waals surface area (Å²) in [6.07, 6.45) is 1.71. The van der Waals surface area contributed by atoms with Gasteiger partial charge in [0.2, 0.25) is 0 Å². The van der Waals surface area contributed by atoms with Crippen LogP contribution in [0.15, 0.2) is 23.1 Å². The number of aryl methyl sites for hydroxylation is 1. The van der Waals surface area contributed by atoms with Gasteiger partial charge in [-0.3, -0.25) is 0 Å². The molecule has 1 saturated heterocycles. The lowest BCUT2D eigenvalue weighted by atomic mass is 10.1. The van der Waals surface area contributed by atoms with Gasteiger partial charge in [0.1, 0.15) is 0 Å². The summed E-state index contributed by atoms with van der Waals surface area (Å²) in [7, 11) is -3.18. The van der Waals surface area contributed by atoms with Crippen LogP contribution in [0.25, 0.3) is 0 Å². The summed E-state index contributed by atoms with van der Waals surface area (Å²) >= 11 is 0. The number of benzene rings is 1. The minimum atomic E-state index is -3.18. The van der Waals surface area contributed by atoms with Gasteiger partial charge in [0.25, 0.3) is 0 Å². The molecule has 0 bridgehead atoms. The Morgan fingerprint density at radius 2 is 2.06 bits per heavy atom. The Morgan fingerprint density at radius 1 is 1.29 bits per heavy atom. The number of hydrogen-bond donors (Lipinski definition) is 1. The summed E-state index contributed by atoms with van der Waals surface area (Å²) in [5.74, 6) is 0. The molecule has 0 saturated carbocycles. The van der Waals surface area contributed by atoms with Crippen molar-refractivity contribution in [3.8, 4) is 0 Å². The van der Waals surface area contributed by atoms with Gasteiger partial charge in [-0.1, -0.05) is 12.1 Å². The Bertz CT molecular complexity index is 502. The molecule has 1 aliphatic rings. The van der Waals surface area contributed by atoms with E-state index in [4.69, 9.17) is 0 Å². The van der Waals surface area contributed by atoms with Crippen molar-refractivity contribution in [1.82, 2.24) is 5.32 Å². The first-order chi connectivity index (χ1) is 8.03. The van der Waals surface area contributed by atoms with Crippen molar-refractivity contribution >= 4 is 9.84 Å². The highest BCUT2D eigenvalue weighted by Gasteiger charge is 2.30. The Kier molecular flexibility index (Phi) is 3.54. The summed E-state index contributed by atoms with van der Waals surface area (Å²) in [6.45, 7) is 5.35. The first kappa shape index (κ1) is 12.6. The maximum atomic E-state index is 12.5. The van der Waals surface area contributed by atoms with Gasteiger partial charge < -0.3 is 5.32 Å². The maximum Gasteiger partial charge on any atom is 0.182 e. The zero-order valence-electron chi connectivity index (χ0n) is 10.4. The van der Waals surface area contributed by atoms with Crippen LogP contribution >= 0.6 is 0 Å². The molecule has 1 aromatic rings. The molecule has 0 spiro atoms. The first-order valence-corrected chi connectivity index (χ1v) is 7.59. The van der Waals surface area contributed by atoms with Gasteiger partial charge in [0.05, 0.1) is 10.1 Å². The smallest absolute Gasteiger partial charge is 0.182 e. The summed E-state index contributed by atoms with van der Waals surface area (Å²) in [6, 6.07) is 5.51. The number of piperidine rings is 1. The Balaban J connectivity index is 2.40. The van der Waals surface area contributed by atoms with Crippen LogP contribution in [-0.4, -0.2) is 26.8 Å². The highest BCUT2D eigenvalue weighted by Crippen LogP contribution is 2.25. The van der Waals surface area contributed by atoms with Crippen LogP contribution in [0.3, 0.4) is 0 Å². The minimum absolute atomic E-state index is 0.267. The molecule has 1 aliphatic heterocycles. The highest BCUT2D eigenvalue weighted by molar-refractivity contribution is 7.92. The second kappa shape index (κ2) is 4.78. The fourth-order valence-electron chi connectivity index (χ4n) is 2.30. The monoisotopic (exact) mass is 253 g/mol. The van der Waals surface area contributed by atoms with Gasteiger partial charge >= 0.3 is 0 Å². The standard InChI is InChI=1S/C13H19NO2S/c1-10-5-3-7-13(11(10)2)17(15,16)12-6-4-8-14-9-12/h3,5,7,12,14H,4,6,8-9H2,1-2H3. The molecule has 1 heterocycles. The quantitative estimate of drug-likeness (QED) is 0.874. The molecule has 0 aliphatic carbocycles. The molecule has 4 heteroatoms. The fourth-order valence-corrected chi connectivity index (χ4v) is 4.33. The largest absolute Gasteiger partial charge is 0.315 e. The third-order valence-electron chi connectivity index (χ3n) is 3.55. The van der Waals surface area contributed by atoms with Gasteiger partial charge in [-0.2, -0.15) is 0 Å². The van der Waals surface area contributed by atoms with E-state index in [1.165, 1.54) is 0 Å². The van der Waals surface area contributed by atoms with Crippen LogP contribution in [0, 0.1) is 13.8 Å². The molecule has 3 nitrogen and oxygen atoms in total. The van der Waals surface area contributed by atoms with Crippen molar-refractivity contribution in [1.29, 1.82) is 0 Å². The second-order valence-electron chi connectivity index (χ2n) is 4.71. The predicted octanol–water partition coefficient (Wildman–Crippen LogP) is 1.83. The third-order valence-corrected chi connectivity index (χ3v) is 5.89. The van der Waals surface area contributed by atoms with E-state index in [-0.39, 0.29) is 5.25 Å². The van der Waals surface area contributed by atoms with Gasteiger partial charge in [-0.05, 0) is 50.4 Å². The SMILES string of the molecule is Cc1cccc(S(=O)(=O)C2CCCNC2)c1C. The number of rotatable bonds is 2. The molecule has 1 unspecified atom stereocenters. The topological polar surface area (TPSA) is 46.2 Å². The van der Waals surface area contributed by atoms with Gasteiger partial charge in [0, 0.05) is 6.54 Å². The molecular weight excluding hydrogens is 234 g/mol. The minimum Gasteiger partial charge on any atom is -0.315 e. The molecule has 0 aromatic heterocycles. The summed E-state index contributed by atoms with van der Waals surface area (Å²) in [5.41, 5.74) is 1.92. The van der Waals surface area contributed by atoms with E-state index in [0.29, 0.717) is 11.4 Å². The molecule has 1 N–H and O–H groups in total. The van der Waals surface area contributed by atoms with Crippen molar-refractivity contribution in [2.45, 2.75) is 36.8 Å². The Hall–Kier alpha value is -0.870. The van der Waals surface area contributed by atoms with E-state index < -0.39 is 9.84 Å². The molecule has 1 atom stereocenters. The van der Waals surface area contributed by atoms with E-state index in [0.717, 1.165) is 30.5 Å². The predicted molar refractivity (Wildman–Crippen MR) is 69.0 cm³/mol. The second-order valence-corrected chi connectivity index (χ2v) is 6.91. The van der Waals surface area contributed by atoms with Crippen LogP contribution in [0.5, 0.6) is 0 Å². The lowest BCUT2D eigenvalue weighted by Crippen LogP contribution is -2.39. The molecule has 0 radical (unpaired) electrons. The maximum absolute atomic E-state index is 12.5. The molecular formula is C13H19NO2S. The summed E-state index contributed by atoms with van der Waals surface area (Å²) in [4.78, 5) is 0.506. The van der Waals surface area contributed by atoms with E-state index in [1.54, 1.807) is 6.07 Å². The molecule has 0 amide bonds. The average molecular weight is 253 g/mol. The normalized spacial score (nSPS) is 21.4. The molecule has 2 rings (SSSR count). The van der Waals surface area contributed by atoms with Crippen molar-refractivity contribution in [3.63, 3.8) is 0 Å². The molecule has 1 aromatic carbocycles. The van der Waals surface area contributed by atoms with Crippen LogP contribution in [0.4, 0.5) is 0 Å². The first-order valence-electron chi connectivity index (χ1n) is 6.04. The fraction of sp³-hybridized carbons (Fsp3) is 0.538. The Labute approximate surface area is 103 Å².